The van der Waals surface area contributed by atoms with Crippen molar-refractivity contribution in [3.8, 4) is 0 Å². The molecule has 3 N–H and O–H groups in total. The topological polar surface area (TPSA) is 127 Å². The molecule has 2 aromatic rings. The maximum Gasteiger partial charge on any atom is 0.330 e. The number of nitrogens with one attached hydrogen (secondary N) is 1. The molecule has 0 unspecified atom stereocenters. The lowest BCUT2D eigenvalue weighted by molar-refractivity contribution is -0.147. The number of aromatic nitrogens is 2. The van der Waals surface area contributed by atoms with E-state index in [4.69, 9.17) is 10.5 Å². The molecule has 0 aliphatic rings. The van der Waals surface area contributed by atoms with Crippen LogP contribution in [0, 0.1) is 5.82 Å². The lowest BCUT2D eigenvalue weighted by atomic mass is 10.1. The SMILES string of the molecule is CCCCN(C(=O)COC(=O)CCc1ccccc1F)c1c(N)n(CCC)c(=O)[nH]c1=O. The number of benzene rings is 1. The molecule has 0 atom stereocenters. The minimum Gasteiger partial charge on any atom is -0.456 e. The number of esters is 1. The molecular weight excluding hydrogens is 419 g/mol. The molecule has 1 aromatic carbocycles. The van der Waals surface area contributed by atoms with Crippen LogP contribution in [-0.2, 0) is 27.3 Å². The van der Waals surface area contributed by atoms with Crippen LogP contribution in [0.2, 0.25) is 0 Å². The Morgan fingerprint density at radius 1 is 1.19 bits per heavy atom. The molecule has 0 spiro atoms. The lowest BCUT2D eigenvalue weighted by Gasteiger charge is -2.24. The fourth-order valence-corrected chi connectivity index (χ4v) is 3.19. The van der Waals surface area contributed by atoms with Crippen molar-refractivity contribution in [2.75, 3.05) is 23.8 Å². The Hall–Kier alpha value is -3.43. The quantitative estimate of drug-likeness (QED) is 0.506. The Bertz CT molecular complexity index is 1060. The standard InChI is InChI=1S/C22H29FN4O5/c1-3-5-13-26(19-20(24)27(12-4-2)22(31)25-21(19)30)17(28)14-32-18(29)11-10-15-8-6-7-9-16(15)23/h6-9H,3-5,10-14,24H2,1-2H3,(H,25,30,31). The summed E-state index contributed by atoms with van der Waals surface area (Å²) in [5.41, 5.74) is 4.87. The van der Waals surface area contributed by atoms with Gasteiger partial charge in [-0.25, -0.2) is 9.18 Å². The lowest BCUT2D eigenvalue weighted by Crippen LogP contribution is -2.43. The van der Waals surface area contributed by atoms with E-state index in [1.54, 1.807) is 18.2 Å². The first-order chi connectivity index (χ1) is 15.3. The molecule has 2 rings (SSSR count). The number of nitrogens with zero attached hydrogens (tertiary/aromatic N) is 2. The van der Waals surface area contributed by atoms with Crippen LogP contribution in [0.4, 0.5) is 15.9 Å². The van der Waals surface area contributed by atoms with Gasteiger partial charge in [-0.05, 0) is 30.9 Å². The number of carbonyl (C=O) groups is 2. The van der Waals surface area contributed by atoms with Crippen molar-refractivity contribution < 1.29 is 18.7 Å². The first-order valence-corrected chi connectivity index (χ1v) is 10.6. The summed E-state index contributed by atoms with van der Waals surface area (Å²) in [5, 5.41) is 0. The third kappa shape index (κ3) is 6.29. The van der Waals surface area contributed by atoms with E-state index < -0.39 is 35.5 Å². The van der Waals surface area contributed by atoms with Gasteiger partial charge >= 0.3 is 11.7 Å². The molecule has 32 heavy (non-hydrogen) atoms. The Balaban J connectivity index is 2.14. The minimum absolute atomic E-state index is 0.104. The summed E-state index contributed by atoms with van der Waals surface area (Å²) < 4.78 is 19.9. The molecule has 10 heteroatoms. The maximum atomic E-state index is 13.7. The van der Waals surface area contributed by atoms with Crippen molar-refractivity contribution in [1.29, 1.82) is 0 Å². The molecule has 0 bridgehead atoms. The van der Waals surface area contributed by atoms with Gasteiger partial charge in [0.25, 0.3) is 11.5 Å². The molecule has 9 nitrogen and oxygen atoms in total. The van der Waals surface area contributed by atoms with Crippen LogP contribution in [0.3, 0.4) is 0 Å². The number of ether oxygens (including phenoxy) is 1. The summed E-state index contributed by atoms with van der Waals surface area (Å²) in [7, 11) is 0. The zero-order valence-corrected chi connectivity index (χ0v) is 18.4. The van der Waals surface area contributed by atoms with E-state index in [1.165, 1.54) is 10.6 Å². The van der Waals surface area contributed by atoms with Gasteiger partial charge in [-0.3, -0.25) is 23.9 Å². The molecule has 0 saturated heterocycles. The normalized spacial score (nSPS) is 10.7. The number of hydrogen-bond acceptors (Lipinski definition) is 6. The molecule has 0 aliphatic carbocycles. The number of H-pyrrole nitrogens is 1. The largest absolute Gasteiger partial charge is 0.456 e. The smallest absolute Gasteiger partial charge is 0.330 e. The van der Waals surface area contributed by atoms with Crippen molar-refractivity contribution >= 4 is 23.4 Å². The highest BCUT2D eigenvalue weighted by Crippen LogP contribution is 2.18. The Labute approximate surface area is 185 Å². The molecule has 1 aromatic heterocycles. The monoisotopic (exact) mass is 448 g/mol. The van der Waals surface area contributed by atoms with Crippen molar-refractivity contribution in [3.63, 3.8) is 0 Å². The first-order valence-electron chi connectivity index (χ1n) is 10.6. The summed E-state index contributed by atoms with van der Waals surface area (Å²) in [5.74, 6) is -1.85. The van der Waals surface area contributed by atoms with E-state index in [1.807, 2.05) is 13.8 Å². The summed E-state index contributed by atoms with van der Waals surface area (Å²) in [6, 6.07) is 6.09. The van der Waals surface area contributed by atoms with Gasteiger partial charge in [-0.2, -0.15) is 0 Å². The maximum absolute atomic E-state index is 13.7. The third-order valence-electron chi connectivity index (χ3n) is 4.88. The van der Waals surface area contributed by atoms with Crippen molar-refractivity contribution in [3.05, 3.63) is 56.5 Å². The van der Waals surface area contributed by atoms with Crippen LogP contribution < -0.4 is 21.9 Å². The molecule has 0 radical (unpaired) electrons. The van der Waals surface area contributed by atoms with Gasteiger partial charge in [-0.1, -0.05) is 38.5 Å². The number of nitrogen functional groups attached to an aromatic ring is 1. The number of halogens is 1. The average Bonchev–Trinajstić information content (AvgIpc) is 2.76. The zero-order valence-electron chi connectivity index (χ0n) is 18.4. The highest BCUT2D eigenvalue weighted by Gasteiger charge is 2.24. The number of aromatic amines is 1. The van der Waals surface area contributed by atoms with E-state index in [9.17, 15) is 23.6 Å². The molecule has 0 aliphatic heterocycles. The fourth-order valence-electron chi connectivity index (χ4n) is 3.19. The summed E-state index contributed by atoms with van der Waals surface area (Å²) in [4.78, 5) is 52.8. The summed E-state index contributed by atoms with van der Waals surface area (Å²) >= 11 is 0. The van der Waals surface area contributed by atoms with Gasteiger partial charge in [-0.15, -0.1) is 0 Å². The molecule has 174 valence electrons. The van der Waals surface area contributed by atoms with E-state index in [-0.39, 0.29) is 37.4 Å². The number of nitrogens with two attached hydrogens (primary N) is 1. The Morgan fingerprint density at radius 2 is 1.91 bits per heavy atom. The third-order valence-corrected chi connectivity index (χ3v) is 4.88. The fraction of sp³-hybridized carbons (Fsp3) is 0.455. The molecular formula is C22H29FN4O5. The van der Waals surface area contributed by atoms with Gasteiger partial charge in [0.15, 0.2) is 12.3 Å². The highest BCUT2D eigenvalue weighted by molar-refractivity contribution is 5.97. The van der Waals surface area contributed by atoms with Crippen LogP contribution in [-0.4, -0.2) is 34.6 Å². The van der Waals surface area contributed by atoms with Crippen molar-refractivity contribution in [2.45, 2.75) is 52.5 Å². The van der Waals surface area contributed by atoms with Gasteiger partial charge in [0.1, 0.15) is 11.6 Å². The molecule has 0 saturated carbocycles. The van der Waals surface area contributed by atoms with E-state index >= 15 is 0 Å². The van der Waals surface area contributed by atoms with Crippen LogP contribution in [0.1, 0.15) is 45.1 Å². The van der Waals surface area contributed by atoms with Crippen LogP contribution in [0.5, 0.6) is 0 Å². The van der Waals surface area contributed by atoms with Gasteiger partial charge in [0.2, 0.25) is 0 Å². The predicted octanol–water partition coefficient (Wildman–Crippen LogP) is 1.98. The number of carbonyl (C=O) groups excluding carboxylic acids is 2. The Morgan fingerprint density at radius 3 is 2.56 bits per heavy atom. The minimum atomic E-state index is -0.782. The number of rotatable bonds is 11. The number of anilines is 2. The summed E-state index contributed by atoms with van der Waals surface area (Å²) in [6.45, 7) is 3.59. The van der Waals surface area contributed by atoms with Crippen LogP contribution in [0.25, 0.3) is 0 Å². The molecule has 1 heterocycles. The first kappa shape index (κ1) is 24.8. The second-order valence-corrected chi connectivity index (χ2v) is 7.30. The van der Waals surface area contributed by atoms with Gasteiger partial charge in [0, 0.05) is 19.5 Å². The number of unbranched alkanes of at least 4 members (excludes halogenated alkanes) is 1. The van der Waals surface area contributed by atoms with Crippen LogP contribution in [0.15, 0.2) is 33.9 Å². The van der Waals surface area contributed by atoms with Crippen molar-refractivity contribution in [2.24, 2.45) is 0 Å². The van der Waals surface area contributed by atoms with Crippen molar-refractivity contribution in [1.82, 2.24) is 9.55 Å². The summed E-state index contributed by atoms with van der Waals surface area (Å²) in [6.07, 6.45) is 1.93. The second kappa shape index (κ2) is 11.8. The van der Waals surface area contributed by atoms with E-state index in [0.29, 0.717) is 18.4 Å². The van der Waals surface area contributed by atoms with Gasteiger partial charge in [0.05, 0.1) is 0 Å². The highest BCUT2D eigenvalue weighted by atomic mass is 19.1. The number of hydrogen-bond donors (Lipinski definition) is 2. The van der Waals surface area contributed by atoms with Gasteiger partial charge < -0.3 is 15.4 Å². The molecule has 1 amide bonds. The van der Waals surface area contributed by atoms with E-state index in [0.717, 1.165) is 11.3 Å². The predicted molar refractivity (Wildman–Crippen MR) is 119 cm³/mol. The Kier molecular flexibility index (Phi) is 9.18. The molecule has 0 fully saturated rings. The number of aryl methyl sites for hydroxylation is 1. The second-order valence-electron chi connectivity index (χ2n) is 7.30. The number of amides is 1. The van der Waals surface area contributed by atoms with E-state index in [2.05, 4.69) is 4.98 Å². The van der Waals surface area contributed by atoms with Crippen LogP contribution >= 0.6 is 0 Å². The zero-order chi connectivity index (χ0) is 23.7. The average molecular weight is 448 g/mol.